The Morgan fingerprint density at radius 1 is 0.804 bits per heavy atom. The Kier molecular flexibility index (Phi) is 7.74. The molecule has 0 saturated carbocycles. The second kappa shape index (κ2) is 12.2. The second-order valence-electron chi connectivity index (χ2n) is 11.2. The summed E-state index contributed by atoms with van der Waals surface area (Å²) >= 11 is 0. The summed E-state index contributed by atoms with van der Waals surface area (Å²) in [5.74, 6) is 3.01. The first-order valence-corrected chi connectivity index (χ1v) is 15.0. The van der Waals surface area contributed by atoms with Crippen molar-refractivity contribution < 1.29 is 42.7 Å². The van der Waals surface area contributed by atoms with Gasteiger partial charge >= 0.3 is 5.97 Å². The third-order valence-electron chi connectivity index (χ3n) is 8.48. The summed E-state index contributed by atoms with van der Waals surface area (Å²) in [5.41, 5.74) is 4.93. The van der Waals surface area contributed by atoms with Crippen LogP contribution in [-0.4, -0.2) is 46.3 Å². The Bertz CT molecular complexity index is 1890. The Balaban J connectivity index is 1.18. The number of carbonyl (C=O) groups is 2. The van der Waals surface area contributed by atoms with Crippen LogP contribution in [0.15, 0.2) is 72.5 Å². The number of methoxy groups -OCH3 is 3. The minimum absolute atomic E-state index is 0.0682. The van der Waals surface area contributed by atoms with Gasteiger partial charge in [-0.05, 0) is 70.8 Å². The number of ketones is 1. The number of hydrogen-bond acceptors (Lipinski definition) is 9. The van der Waals surface area contributed by atoms with E-state index < -0.39 is 5.92 Å². The standard InChI is InChI=1S/C37H32O9/c1-40-28-9-5-22(17-31(28)42-3)18-33-36(39)25-7-11-30-35(37(25)46-33)26(20-34(38)45-30)23-6-10-29(41-2)32(19-23)44-14-12-21-4-8-27-24(16-21)13-15-43-27/h4-11,16-19,26H,12-15,20H2,1-3H3/b33-18-. The van der Waals surface area contributed by atoms with Crippen LogP contribution >= 0.6 is 0 Å². The van der Waals surface area contributed by atoms with E-state index in [0.29, 0.717) is 64.2 Å². The van der Waals surface area contributed by atoms with Crippen LogP contribution in [0.5, 0.6) is 40.2 Å². The van der Waals surface area contributed by atoms with Crippen molar-refractivity contribution in [3.05, 3.63) is 106 Å². The van der Waals surface area contributed by atoms with E-state index in [1.807, 2.05) is 30.3 Å². The molecule has 7 rings (SSSR count). The average Bonchev–Trinajstić information content (AvgIpc) is 3.67. The van der Waals surface area contributed by atoms with Gasteiger partial charge in [-0.15, -0.1) is 0 Å². The highest BCUT2D eigenvalue weighted by Crippen LogP contribution is 2.50. The van der Waals surface area contributed by atoms with E-state index in [-0.39, 0.29) is 23.9 Å². The van der Waals surface area contributed by atoms with Crippen LogP contribution in [0, 0.1) is 0 Å². The second-order valence-corrected chi connectivity index (χ2v) is 11.2. The molecule has 0 aliphatic carbocycles. The first kappa shape index (κ1) is 29.3. The normalized spacial score (nSPS) is 16.9. The lowest BCUT2D eigenvalue weighted by molar-refractivity contribution is -0.135. The average molecular weight is 621 g/mol. The Morgan fingerprint density at radius 2 is 1.59 bits per heavy atom. The number of hydrogen-bond donors (Lipinski definition) is 0. The lowest BCUT2D eigenvalue weighted by Crippen LogP contribution is -2.21. The van der Waals surface area contributed by atoms with Crippen LogP contribution in [0.3, 0.4) is 0 Å². The molecule has 1 unspecified atom stereocenters. The summed E-state index contributed by atoms with van der Waals surface area (Å²) in [6, 6.07) is 20.5. The molecule has 0 spiro atoms. The first-order chi connectivity index (χ1) is 22.4. The quantitative estimate of drug-likeness (QED) is 0.121. The van der Waals surface area contributed by atoms with Crippen LogP contribution in [0.4, 0.5) is 0 Å². The zero-order chi connectivity index (χ0) is 31.8. The molecule has 0 amide bonds. The molecule has 3 aliphatic rings. The van der Waals surface area contributed by atoms with Crippen LogP contribution in [0.2, 0.25) is 0 Å². The summed E-state index contributed by atoms with van der Waals surface area (Å²) in [6.45, 7) is 1.15. The number of ether oxygens (including phenoxy) is 7. The monoisotopic (exact) mass is 620 g/mol. The molecule has 0 bridgehead atoms. The van der Waals surface area contributed by atoms with Crippen molar-refractivity contribution in [1.82, 2.24) is 0 Å². The van der Waals surface area contributed by atoms with Crippen molar-refractivity contribution in [2.45, 2.75) is 25.2 Å². The molecule has 0 aromatic heterocycles. The number of esters is 1. The van der Waals surface area contributed by atoms with Crippen LogP contribution in [0.25, 0.3) is 6.08 Å². The number of carbonyl (C=O) groups excluding carboxylic acids is 2. The van der Waals surface area contributed by atoms with Crippen molar-refractivity contribution in [2.75, 3.05) is 34.5 Å². The molecule has 4 aromatic carbocycles. The fourth-order valence-corrected chi connectivity index (χ4v) is 6.18. The van der Waals surface area contributed by atoms with Gasteiger partial charge in [0, 0.05) is 24.3 Å². The van der Waals surface area contributed by atoms with E-state index in [9.17, 15) is 9.59 Å². The van der Waals surface area contributed by atoms with E-state index >= 15 is 0 Å². The molecule has 0 radical (unpaired) electrons. The fraction of sp³-hybridized carbons (Fsp3) is 0.243. The minimum atomic E-state index is -0.440. The summed E-state index contributed by atoms with van der Waals surface area (Å²) < 4.78 is 40.1. The van der Waals surface area contributed by atoms with Gasteiger partial charge in [0.25, 0.3) is 0 Å². The lowest BCUT2D eigenvalue weighted by atomic mass is 9.84. The maximum Gasteiger partial charge on any atom is 0.312 e. The zero-order valence-electron chi connectivity index (χ0n) is 25.7. The van der Waals surface area contributed by atoms with E-state index in [2.05, 4.69) is 12.1 Å². The molecule has 0 fully saturated rings. The van der Waals surface area contributed by atoms with Crippen molar-refractivity contribution in [3.8, 4) is 40.2 Å². The molecular formula is C37H32O9. The maximum atomic E-state index is 13.5. The lowest BCUT2D eigenvalue weighted by Gasteiger charge is -2.27. The summed E-state index contributed by atoms with van der Waals surface area (Å²) in [5, 5.41) is 0. The molecule has 234 valence electrons. The highest BCUT2D eigenvalue weighted by Gasteiger charge is 2.39. The number of rotatable bonds is 9. The van der Waals surface area contributed by atoms with E-state index in [1.165, 1.54) is 5.56 Å². The predicted molar refractivity (Wildman–Crippen MR) is 169 cm³/mol. The van der Waals surface area contributed by atoms with Crippen LogP contribution < -0.4 is 33.2 Å². The van der Waals surface area contributed by atoms with Gasteiger partial charge in [0.05, 0.1) is 46.5 Å². The SMILES string of the molecule is COc1ccc(/C=C2\Oc3c(ccc4c3C(c3ccc(OC)c(OCCc5ccc6c(c5)CCO6)c3)CC(=O)O4)C2=O)cc1OC. The molecular weight excluding hydrogens is 588 g/mol. The molecule has 3 heterocycles. The summed E-state index contributed by atoms with van der Waals surface area (Å²) in [7, 11) is 4.70. The largest absolute Gasteiger partial charge is 0.493 e. The molecule has 4 aromatic rings. The molecule has 0 saturated heterocycles. The Labute approximate surface area is 266 Å². The first-order valence-electron chi connectivity index (χ1n) is 15.0. The third kappa shape index (κ3) is 5.38. The van der Waals surface area contributed by atoms with E-state index in [0.717, 1.165) is 29.9 Å². The molecule has 46 heavy (non-hydrogen) atoms. The van der Waals surface area contributed by atoms with E-state index in [1.54, 1.807) is 51.7 Å². The predicted octanol–water partition coefficient (Wildman–Crippen LogP) is 6.33. The molecule has 3 aliphatic heterocycles. The van der Waals surface area contributed by atoms with Gasteiger partial charge in [-0.25, -0.2) is 0 Å². The Morgan fingerprint density at radius 3 is 2.41 bits per heavy atom. The highest BCUT2D eigenvalue weighted by molar-refractivity contribution is 6.15. The minimum Gasteiger partial charge on any atom is -0.493 e. The van der Waals surface area contributed by atoms with Crippen LogP contribution in [-0.2, 0) is 17.6 Å². The van der Waals surface area contributed by atoms with Crippen molar-refractivity contribution in [2.24, 2.45) is 0 Å². The molecule has 1 atom stereocenters. The molecule has 9 heteroatoms. The van der Waals surface area contributed by atoms with Gasteiger partial charge in [0.15, 0.2) is 28.8 Å². The van der Waals surface area contributed by atoms with E-state index in [4.69, 9.17) is 33.2 Å². The van der Waals surface area contributed by atoms with Crippen molar-refractivity contribution >= 4 is 17.8 Å². The Hall–Kier alpha value is -5.44. The maximum absolute atomic E-state index is 13.5. The van der Waals surface area contributed by atoms with Gasteiger partial charge in [0.1, 0.15) is 17.2 Å². The number of fused-ring (bicyclic) bond motifs is 4. The molecule has 0 N–H and O–H groups in total. The zero-order valence-corrected chi connectivity index (χ0v) is 25.7. The summed E-state index contributed by atoms with van der Waals surface area (Å²) in [4.78, 5) is 26.3. The van der Waals surface area contributed by atoms with Gasteiger partial charge < -0.3 is 33.2 Å². The van der Waals surface area contributed by atoms with Crippen molar-refractivity contribution in [3.63, 3.8) is 0 Å². The van der Waals surface area contributed by atoms with Gasteiger partial charge in [-0.2, -0.15) is 0 Å². The summed E-state index contributed by atoms with van der Waals surface area (Å²) in [6.07, 6.45) is 3.35. The number of Topliss-reactive ketones (excluding diaryl/α,β-unsaturated/α-hetero) is 1. The smallest absolute Gasteiger partial charge is 0.312 e. The van der Waals surface area contributed by atoms with Gasteiger partial charge in [-0.1, -0.05) is 24.3 Å². The fourth-order valence-electron chi connectivity index (χ4n) is 6.18. The topological polar surface area (TPSA) is 98.8 Å². The molecule has 9 nitrogen and oxygen atoms in total. The number of benzene rings is 4. The third-order valence-corrected chi connectivity index (χ3v) is 8.48. The van der Waals surface area contributed by atoms with Gasteiger partial charge in [-0.3, -0.25) is 9.59 Å². The van der Waals surface area contributed by atoms with Crippen LogP contribution in [0.1, 0.15) is 50.5 Å². The van der Waals surface area contributed by atoms with Crippen molar-refractivity contribution in [1.29, 1.82) is 0 Å². The number of allylic oxidation sites excluding steroid dienone is 1. The van der Waals surface area contributed by atoms with Gasteiger partial charge in [0.2, 0.25) is 5.78 Å². The highest BCUT2D eigenvalue weighted by atomic mass is 16.5.